The van der Waals surface area contributed by atoms with Gasteiger partial charge in [-0.2, -0.15) is 5.10 Å². The van der Waals surface area contributed by atoms with Gasteiger partial charge in [0, 0.05) is 63.1 Å². The van der Waals surface area contributed by atoms with Gasteiger partial charge in [0.2, 0.25) is 5.91 Å². The summed E-state index contributed by atoms with van der Waals surface area (Å²) in [4.78, 5) is 19.0. The number of pyridine rings is 1. The number of carbonyl (C=O) groups excluding carboxylic acids is 1. The van der Waals surface area contributed by atoms with Crippen molar-refractivity contribution in [3.05, 3.63) is 41.0 Å². The minimum Gasteiger partial charge on any atom is -0.506 e. The first-order valence-corrected chi connectivity index (χ1v) is 9.55. The summed E-state index contributed by atoms with van der Waals surface area (Å²) in [7, 11) is 3.56. The van der Waals surface area contributed by atoms with Crippen LogP contribution in [0.25, 0.3) is 0 Å². The summed E-state index contributed by atoms with van der Waals surface area (Å²) in [5, 5.41) is 17.7. The highest BCUT2D eigenvalue weighted by Crippen LogP contribution is 2.38. The summed E-state index contributed by atoms with van der Waals surface area (Å²) in [6.07, 6.45) is 2.34. The number of amides is 1. The molecule has 2 atom stereocenters. The number of nitrogens with one attached hydrogen (secondary N) is 1. The second-order valence-electron chi connectivity index (χ2n) is 7.35. The van der Waals surface area contributed by atoms with E-state index in [1.54, 1.807) is 19.2 Å². The number of methoxy groups -OCH3 is 1. The third kappa shape index (κ3) is 4.18. The van der Waals surface area contributed by atoms with Crippen molar-refractivity contribution in [1.29, 1.82) is 0 Å². The average Bonchev–Trinajstić information content (AvgIpc) is 3.15. The maximum absolute atomic E-state index is 12.7. The molecule has 0 spiro atoms. The van der Waals surface area contributed by atoms with E-state index in [9.17, 15) is 9.90 Å². The fraction of sp³-hybridized carbons (Fsp3) is 0.550. The van der Waals surface area contributed by atoms with Crippen molar-refractivity contribution in [2.45, 2.75) is 32.9 Å². The van der Waals surface area contributed by atoms with E-state index in [0.29, 0.717) is 38.4 Å². The van der Waals surface area contributed by atoms with Crippen molar-refractivity contribution >= 4 is 5.91 Å². The van der Waals surface area contributed by atoms with Gasteiger partial charge in [-0.05, 0) is 26.0 Å². The Labute approximate surface area is 165 Å². The molecular weight excluding hydrogens is 358 g/mol. The van der Waals surface area contributed by atoms with Crippen LogP contribution < -0.4 is 5.32 Å². The second kappa shape index (κ2) is 8.70. The maximum Gasteiger partial charge on any atom is 0.223 e. The zero-order valence-electron chi connectivity index (χ0n) is 17.0. The molecule has 1 amide bonds. The lowest BCUT2D eigenvalue weighted by atomic mass is 9.94. The predicted molar refractivity (Wildman–Crippen MR) is 105 cm³/mol. The summed E-state index contributed by atoms with van der Waals surface area (Å²) in [6, 6.07) is 3.40. The molecule has 0 radical (unpaired) electrons. The maximum atomic E-state index is 12.7. The highest BCUT2D eigenvalue weighted by atomic mass is 16.5. The molecule has 3 heterocycles. The Hall–Kier alpha value is -2.45. The van der Waals surface area contributed by atoms with Crippen LogP contribution in [0.3, 0.4) is 0 Å². The second-order valence-corrected chi connectivity index (χ2v) is 7.35. The molecule has 2 aromatic rings. The first-order valence-electron chi connectivity index (χ1n) is 9.55. The Morgan fingerprint density at radius 1 is 1.36 bits per heavy atom. The van der Waals surface area contributed by atoms with E-state index >= 15 is 0 Å². The number of nitrogens with zero attached hydrogens (tertiary/aromatic N) is 4. The van der Waals surface area contributed by atoms with E-state index in [2.05, 4.69) is 15.4 Å². The van der Waals surface area contributed by atoms with Gasteiger partial charge in [-0.1, -0.05) is 0 Å². The molecular formula is C20H29N5O3. The van der Waals surface area contributed by atoms with Gasteiger partial charge in [-0.15, -0.1) is 0 Å². The normalized spacial score (nSPS) is 19.6. The number of aromatic nitrogens is 3. The van der Waals surface area contributed by atoms with Crippen molar-refractivity contribution in [1.82, 2.24) is 25.0 Å². The van der Waals surface area contributed by atoms with Crippen molar-refractivity contribution < 1.29 is 14.6 Å². The van der Waals surface area contributed by atoms with Gasteiger partial charge in [0.1, 0.15) is 5.75 Å². The molecule has 0 bridgehead atoms. The lowest BCUT2D eigenvalue weighted by Crippen LogP contribution is -2.34. The van der Waals surface area contributed by atoms with Crippen LogP contribution in [0, 0.1) is 19.8 Å². The molecule has 1 aliphatic heterocycles. The topological polar surface area (TPSA) is 92.5 Å². The quantitative estimate of drug-likeness (QED) is 0.713. The molecule has 0 saturated carbocycles. The van der Waals surface area contributed by atoms with E-state index in [1.807, 2.05) is 36.7 Å². The largest absolute Gasteiger partial charge is 0.506 e. The van der Waals surface area contributed by atoms with Gasteiger partial charge < -0.3 is 20.1 Å². The summed E-state index contributed by atoms with van der Waals surface area (Å²) < 4.78 is 7.04. The van der Waals surface area contributed by atoms with Gasteiger partial charge in [-0.3, -0.25) is 14.5 Å². The molecule has 152 valence electrons. The Kier molecular flexibility index (Phi) is 6.31. The third-order valence-corrected chi connectivity index (χ3v) is 5.46. The van der Waals surface area contributed by atoms with E-state index in [4.69, 9.17) is 4.74 Å². The molecule has 1 aliphatic rings. The molecule has 2 aromatic heterocycles. The summed E-state index contributed by atoms with van der Waals surface area (Å²) in [5.74, 6) is 0.426. The van der Waals surface area contributed by atoms with Crippen LogP contribution >= 0.6 is 0 Å². The Morgan fingerprint density at radius 3 is 2.82 bits per heavy atom. The standard InChI is InChI=1S/C20H29N5O3/c1-13-5-6-18(26)17(23-13)12-21-10-15-9-19(27)25(7-8-28-4)20(15)16-11-22-24(3)14(16)2/h5-6,11,15,20-21,26H,7-10,12H2,1-4H3/t15-,20+/m0/s1. The van der Waals surface area contributed by atoms with Crippen LogP contribution in [0.5, 0.6) is 5.75 Å². The zero-order chi connectivity index (χ0) is 20.3. The number of aromatic hydroxyl groups is 1. The fourth-order valence-electron chi connectivity index (χ4n) is 3.84. The summed E-state index contributed by atoms with van der Waals surface area (Å²) in [6.45, 7) is 6.08. The fourth-order valence-corrected chi connectivity index (χ4v) is 3.84. The number of rotatable bonds is 8. The number of hydrogen-bond acceptors (Lipinski definition) is 6. The van der Waals surface area contributed by atoms with Gasteiger partial charge in [0.15, 0.2) is 0 Å². The van der Waals surface area contributed by atoms with Crippen LogP contribution in [0.2, 0.25) is 0 Å². The van der Waals surface area contributed by atoms with E-state index in [-0.39, 0.29) is 23.6 Å². The zero-order valence-corrected chi connectivity index (χ0v) is 17.0. The van der Waals surface area contributed by atoms with Crippen LogP contribution in [0.15, 0.2) is 18.3 Å². The van der Waals surface area contributed by atoms with E-state index < -0.39 is 0 Å². The highest BCUT2D eigenvalue weighted by molar-refractivity contribution is 5.79. The van der Waals surface area contributed by atoms with E-state index in [1.165, 1.54) is 0 Å². The van der Waals surface area contributed by atoms with Crippen LogP contribution in [0.1, 0.15) is 35.1 Å². The summed E-state index contributed by atoms with van der Waals surface area (Å²) >= 11 is 0. The molecule has 8 heteroatoms. The average molecular weight is 387 g/mol. The van der Waals surface area contributed by atoms with Gasteiger partial charge in [-0.25, -0.2) is 0 Å². The monoisotopic (exact) mass is 387 g/mol. The molecule has 3 rings (SSSR count). The molecule has 0 aromatic carbocycles. The highest BCUT2D eigenvalue weighted by Gasteiger charge is 2.41. The first-order chi connectivity index (χ1) is 13.4. The number of ether oxygens (including phenoxy) is 1. The first kappa shape index (κ1) is 20.3. The van der Waals surface area contributed by atoms with Crippen molar-refractivity contribution in [3.63, 3.8) is 0 Å². The number of aryl methyl sites for hydroxylation is 2. The Morgan fingerprint density at radius 2 is 2.14 bits per heavy atom. The number of carbonyl (C=O) groups is 1. The minimum absolute atomic E-state index is 0.0390. The minimum atomic E-state index is -0.0390. The molecule has 1 fully saturated rings. The molecule has 8 nitrogen and oxygen atoms in total. The Bertz CT molecular complexity index is 835. The number of likely N-dealkylation sites (tertiary alicyclic amines) is 1. The number of hydrogen-bond donors (Lipinski definition) is 2. The van der Waals surface area contributed by atoms with Gasteiger partial charge in [0.05, 0.1) is 24.5 Å². The molecule has 2 N–H and O–H groups in total. The molecule has 28 heavy (non-hydrogen) atoms. The van der Waals surface area contributed by atoms with Crippen molar-refractivity contribution in [2.24, 2.45) is 13.0 Å². The van der Waals surface area contributed by atoms with Crippen LogP contribution in [-0.4, -0.2) is 57.5 Å². The molecule has 0 unspecified atom stereocenters. The van der Waals surface area contributed by atoms with E-state index in [0.717, 1.165) is 17.0 Å². The third-order valence-electron chi connectivity index (χ3n) is 5.46. The summed E-state index contributed by atoms with van der Waals surface area (Å²) in [5.41, 5.74) is 3.62. The van der Waals surface area contributed by atoms with Crippen LogP contribution in [-0.2, 0) is 23.1 Å². The SMILES string of the molecule is COCCN1C(=O)C[C@@H](CNCc2nc(C)ccc2O)[C@@H]1c1cnn(C)c1C. The lowest BCUT2D eigenvalue weighted by Gasteiger charge is -2.28. The van der Waals surface area contributed by atoms with Crippen molar-refractivity contribution in [3.8, 4) is 5.75 Å². The lowest BCUT2D eigenvalue weighted by molar-refractivity contribution is -0.129. The van der Waals surface area contributed by atoms with Crippen molar-refractivity contribution in [2.75, 3.05) is 26.8 Å². The van der Waals surface area contributed by atoms with Gasteiger partial charge in [0.25, 0.3) is 0 Å². The predicted octanol–water partition coefficient (Wildman–Crippen LogP) is 1.46. The Balaban J connectivity index is 1.75. The van der Waals surface area contributed by atoms with Gasteiger partial charge >= 0.3 is 0 Å². The molecule has 0 aliphatic carbocycles. The molecule has 1 saturated heterocycles. The van der Waals surface area contributed by atoms with Crippen LogP contribution in [0.4, 0.5) is 0 Å². The smallest absolute Gasteiger partial charge is 0.223 e.